The predicted molar refractivity (Wildman–Crippen MR) is 115 cm³/mol. The smallest absolute Gasteiger partial charge is 0.269 e. The summed E-state index contributed by atoms with van der Waals surface area (Å²) in [6.45, 7) is 0. The van der Waals surface area contributed by atoms with Gasteiger partial charge in [0, 0.05) is 34.7 Å². The van der Waals surface area contributed by atoms with Gasteiger partial charge in [-0.15, -0.1) is 0 Å². The molecule has 3 aromatic carbocycles. The molecule has 0 saturated heterocycles. The van der Waals surface area contributed by atoms with E-state index in [9.17, 15) is 14.5 Å². The molecule has 0 fully saturated rings. The zero-order valence-corrected chi connectivity index (χ0v) is 16.3. The summed E-state index contributed by atoms with van der Waals surface area (Å²) in [4.78, 5) is 15.1. The average Bonchev–Trinajstić information content (AvgIpc) is 3.19. The highest BCUT2D eigenvalue weighted by Gasteiger charge is 2.18. The van der Waals surface area contributed by atoms with Gasteiger partial charge in [0.15, 0.2) is 0 Å². The first-order valence-corrected chi connectivity index (χ1v) is 9.41. The van der Waals surface area contributed by atoms with Crippen molar-refractivity contribution in [3.8, 4) is 22.7 Å². The molecule has 8 heteroatoms. The van der Waals surface area contributed by atoms with Crippen molar-refractivity contribution in [3.63, 3.8) is 0 Å². The van der Waals surface area contributed by atoms with E-state index in [1.54, 1.807) is 42.3 Å². The monoisotopic (exact) mass is 414 g/mol. The van der Waals surface area contributed by atoms with Crippen molar-refractivity contribution in [2.45, 2.75) is 0 Å². The van der Waals surface area contributed by atoms with Gasteiger partial charge in [-0.2, -0.15) is 5.10 Å². The minimum Gasteiger partial charge on any atom is -0.497 e. The van der Waals surface area contributed by atoms with Crippen molar-refractivity contribution in [3.05, 3.63) is 88.9 Å². The number of non-ortho nitro benzene ring substituents is 1. The molecular formula is C23H15FN4O3. The number of halogens is 1. The molecular weight excluding hydrogens is 399 g/mol. The van der Waals surface area contributed by atoms with Crippen molar-refractivity contribution in [1.82, 2.24) is 14.8 Å². The lowest BCUT2D eigenvalue weighted by Crippen LogP contribution is -1.97. The van der Waals surface area contributed by atoms with Crippen LogP contribution in [0.25, 0.3) is 38.8 Å². The number of aromatic nitrogens is 3. The Labute approximate surface area is 175 Å². The van der Waals surface area contributed by atoms with Gasteiger partial charge in [-0.05, 0) is 54.6 Å². The summed E-state index contributed by atoms with van der Waals surface area (Å²) in [7, 11) is 1.59. The van der Waals surface area contributed by atoms with Crippen LogP contribution < -0.4 is 4.74 Å². The van der Waals surface area contributed by atoms with E-state index in [-0.39, 0.29) is 11.5 Å². The number of nitrogens with zero attached hydrogens (tertiary/aromatic N) is 4. The minimum atomic E-state index is -0.444. The van der Waals surface area contributed by atoms with Crippen molar-refractivity contribution in [2.24, 2.45) is 0 Å². The lowest BCUT2D eigenvalue weighted by atomic mass is 10.1. The Bertz CT molecular complexity index is 1440. The van der Waals surface area contributed by atoms with Crippen molar-refractivity contribution in [2.75, 3.05) is 7.11 Å². The fourth-order valence-electron chi connectivity index (χ4n) is 3.61. The summed E-state index contributed by atoms with van der Waals surface area (Å²) >= 11 is 0. The molecule has 5 aromatic rings. The second kappa shape index (κ2) is 7.17. The average molecular weight is 414 g/mol. The van der Waals surface area contributed by atoms with Crippen molar-refractivity contribution < 1.29 is 14.1 Å². The highest BCUT2D eigenvalue weighted by molar-refractivity contribution is 6.09. The number of benzene rings is 3. The zero-order chi connectivity index (χ0) is 21.5. The Hall–Kier alpha value is -4.33. The van der Waals surface area contributed by atoms with Gasteiger partial charge in [-0.1, -0.05) is 0 Å². The number of methoxy groups -OCH3 is 1. The third kappa shape index (κ3) is 3.14. The molecule has 0 spiro atoms. The number of fused-ring (bicyclic) bond motifs is 3. The molecule has 0 aliphatic heterocycles. The second-order valence-electron chi connectivity index (χ2n) is 6.94. The van der Waals surface area contributed by atoms with E-state index in [1.165, 1.54) is 24.3 Å². The van der Waals surface area contributed by atoms with Crippen molar-refractivity contribution >= 4 is 27.5 Å². The van der Waals surface area contributed by atoms with Crippen LogP contribution in [-0.2, 0) is 0 Å². The quantitative estimate of drug-likeness (QED) is 0.294. The molecule has 31 heavy (non-hydrogen) atoms. The summed E-state index contributed by atoms with van der Waals surface area (Å²) in [5.74, 6) is 0.328. The molecule has 0 amide bonds. The van der Waals surface area contributed by atoms with Gasteiger partial charge in [0.05, 0.1) is 28.8 Å². The molecule has 152 valence electrons. The van der Waals surface area contributed by atoms with Gasteiger partial charge < -0.3 is 4.74 Å². The number of pyridine rings is 1. The normalized spacial score (nSPS) is 11.2. The van der Waals surface area contributed by atoms with Gasteiger partial charge in [0.1, 0.15) is 17.3 Å². The van der Waals surface area contributed by atoms with Crippen LogP contribution in [0.5, 0.6) is 5.75 Å². The number of hydrogen-bond acceptors (Lipinski definition) is 5. The number of rotatable bonds is 4. The molecule has 7 nitrogen and oxygen atoms in total. The van der Waals surface area contributed by atoms with E-state index in [0.29, 0.717) is 22.7 Å². The molecule has 0 aliphatic carbocycles. The standard InChI is InChI=1S/C23H15FN4O3/c1-31-18-10-11-21-19(12-18)23-20(13-25-21)22(14-2-6-17(7-3-14)28(29)30)26-27(23)16-8-4-15(24)5-9-16/h2-13H,1H3. The van der Waals surface area contributed by atoms with Gasteiger partial charge >= 0.3 is 0 Å². The van der Waals surface area contributed by atoms with Crippen LogP contribution in [-0.4, -0.2) is 26.8 Å². The number of hydrogen-bond donors (Lipinski definition) is 0. The summed E-state index contributed by atoms with van der Waals surface area (Å²) in [6, 6.07) is 17.8. The third-order valence-electron chi connectivity index (χ3n) is 5.14. The molecule has 0 unspecified atom stereocenters. The van der Waals surface area contributed by atoms with Gasteiger partial charge in [-0.25, -0.2) is 9.07 Å². The van der Waals surface area contributed by atoms with E-state index in [1.807, 2.05) is 18.2 Å². The van der Waals surface area contributed by atoms with Crippen LogP contribution in [0.15, 0.2) is 72.9 Å². The summed E-state index contributed by atoms with van der Waals surface area (Å²) in [5, 5.41) is 17.4. The molecule has 2 heterocycles. The Morgan fingerprint density at radius 3 is 2.42 bits per heavy atom. The lowest BCUT2D eigenvalue weighted by Gasteiger charge is -2.07. The Balaban J connectivity index is 1.83. The molecule has 2 aromatic heterocycles. The topological polar surface area (TPSA) is 83.1 Å². The summed E-state index contributed by atoms with van der Waals surface area (Å²) in [5.41, 5.74) is 3.54. The van der Waals surface area contributed by atoms with E-state index in [0.717, 1.165) is 21.8 Å². The zero-order valence-electron chi connectivity index (χ0n) is 16.3. The largest absolute Gasteiger partial charge is 0.497 e. The van der Waals surface area contributed by atoms with E-state index in [4.69, 9.17) is 9.84 Å². The first-order valence-electron chi connectivity index (χ1n) is 9.41. The van der Waals surface area contributed by atoms with Crippen LogP contribution in [0.3, 0.4) is 0 Å². The van der Waals surface area contributed by atoms with Crippen LogP contribution in [0.1, 0.15) is 0 Å². The molecule has 0 aliphatic rings. The maximum absolute atomic E-state index is 13.5. The number of nitro benzene ring substituents is 1. The molecule has 5 rings (SSSR count). The maximum Gasteiger partial charge on any atom is 0.269 e. The van der Waals surface area contributed by atoms with Crippen LogP contribution in [0.4, 0.5) is 10.1 Å². The first-order chi connectivity index (χ1) is 15.0. The first kappa shape index (κ1) is 18.7. The molecule has 0 atom stereocenters. The fraction of sp³-hybridized carbons (Fsp3) is 0.0435. The van der Waals surface area contributed by atoms with Gasteiger partial charge in [-0.3, -0.25) is 15.1 Å². The van der Waals surface area contributed by atoms with E-state index < -0.39 is 4.92 Å². The van der Waals surface area contributed by atoms with E-state index >= 15 is 0 Å². The van der Waals surface area contributed by atoms with Crippen LogP contribution in [0.2, 0.25) is 0 Å². The fourth-order valence-corrected chi connectivity index (χ4v) is 3.61. The molecule has 0 saturated carbocycles. The Morgan fingerprint density at radius 2 is 1.74 bits per heavy atom. The summed E-state index contributed by atoms with van der Waals surface area (Å²) < 4.78 is 20.6. The number of nitro groups is 1. The maximum atomic E-state index is 13.5. The highest BCUT2D eigenvalue weighted by Crippen LogP contribution is 2.35. The Morgan fingerprint density at radius 1 is 1.00 bits per heavy atom. The minimum absolute atomic E-state index is 0.000617. The molecule has 0 N–H and O–H groups in total. The third-order valence-corrected chi connectivity index (χ3v) is 5.14. The predicted octanol–water partition coefficient (Wildman–Crippen LogP) is 5.30. The van der Waals surface area contributed by atoms with Gasteiger partial charge in [0.25, 0.3) is 5.69 Å². The highest BCUT2D eigenvalue weighted by atomic mass is 19.1. The second-order valence-corrected chi connectivity index (χ2v) is 6.94. The molecule has 0 radical (unpaired) electrons. The Kier molecular flexibility index (Phi) is 4.32. The van der Waals surface area contributed by atoms with Crippen LogP contribution in [0, 0.1) is 15.9 Å². The number of ether oxygens (including phenoxy) is 1. The van der Waals surface area contributed by atoms with Gasteiger partial charge in [0.2, 0.25) is 0 Å². The summed E-state index contributed by atoms with van der Waals surface area (Å²) in [6.07, 6.45) is 1.73. The van der Waals surface area contributed by atoms with E-state index in [2.05, 4.69) is 4.98 Å². The van der Waals surface area contributed by atoms with Crippen molar-refractivity contribution in [1.29, 1.82) is 0 Å². The lowest BCUT2D eigenvalue weighted by molar-refractivity contribution is -0.384. The molecule has 0 bridgehead atoms. The van der Waals surface area contributed by atoms with Crippen LogP contribution >= 0.6 is 0 Å². The SMILES string of the molecule is COc1ccc2ncc3c(-c4ccc([N+](=O)[O-])cc4)nn(-c4ccc(F)cc4)c3c2c1.